The Kier molecular flexibility index (Phi) is 5.29. The summed E-state index contributed by atoms with van der Waals surface area (Å²) in [6.45, 7) is 9.04. The topological polar surface area (TPSA) is 23.6 Å². The van der Waals surface area contributed by atoms with Crippen LogP contribution in [-0.4, -0.2) is 48.9 Å². The van der Waals surface area contributed by atoms with Crippen LogP contribution >= 0.6 is 0 Å². The van der Waals surface area contributed by atoms with Gasteiger partial charge >= 0.3 is 0 Å². The van der Waals surface area contributed by atoms with Crippen molar-refractivity contribution in [1.29, 1.82) is 0 Å². The number of amides is 1. The van der Waals surface area contributed by atoms with Crippen LogP contribution in [0.15, 0.2) is 23.3 Å². The minimum atomic E-state index is 0.176. The Morgan fingerprint density at radius 2 is 1.72 bits per heavy atom. The van der Waals surface area contributed by atoms with E-state index in [0.717, 1.165) is 23.8 Å². The molecule has 0 spiro atoms. The lowest BCUT2D eigenvalue weighted by atomic mass is 9.47. The maximum Gasteiger partial charge on any atom is 0.219 e. The van der Waals surface area contributed by atoms with Gasteiger partial charge in [-0.25, -0.2) is 0 Å². The lowest BCUT2D eigenvalue weighted by molar-refractivity contribution is -0.129. The number of fused-ring (bicyclic) bond motifs is 5. The predicted molar refractivity (Wildman–Crippen MR) is 121 cm³/mol. The Hall–Kier alpha value is -1.09. The van der Waals surface area contributed by atoms with Crippen LogP contribution < -0.4 is 0 Å². The van der Waals surface area contributed by atoms with Crippen LogP contribution in [0.2, 0.25) is 0 Å². The molecule has 0 heterocycles. The van der Waals surface area contributed by atoms with Crippen molar-refractivity contribution in [2.45, 2.75) is 84.7 Å². The van der Waals surface area contributed by atoms with Gasteiger partial charge < -0.3 is 9.80 Å². The summed E-state index contributed by atoms with van der Waals surface area (Å²) in [6, 6.07) is 0.947. The first-order valence-corrected chi connectivity index (χ1v) is 11.9. The van der Waals surface area contributed by atoms with Crippen molar-refractivity contribution < 1.29 is 4.79 Å². The molecule has 4 rings (SSSR count). The monoisotopic (exact) mass is 398 g/mol. The smallest absolute Gasteiger partial charge is 0.219 e. The van der Waals surface area contributed by atoms with Crippen LogP contribution in [0.5, 0.6) is 0 Å². The normalized spacial score (nSPS) is 42.3. The molecule has 4 aliphatic rings. The molecule has 1 amide bonds. The first-order valence-electron chi connectivity index (χ1n) is 11.9. The molecular formula is C26H42N2O. The lowest BCUT2D eigenvalue weighted by Gasteiger charge is -2.58. The van der Waals surface area contributed by atoms with Crippen molar-refractivity contribution >= 4 is 5.91 Å². The van der Waals surface area contributed by atoms with Crippen LogP contribution in [0, 0.1) is 28.6 Å². The molecule has 0 radical (unpaired) electrons. The van der Waals surface area contributed by atoms with Gasteiger partial charge in [-0.05, 0) is 100 Å². The van der Waals surface area contributed by atoms with Crippen LogP contribution in [0.25, 0.3) is 0 Å². The Morgan fingerprint density at radius 1 is 1.03 bits per heavy atom. The van der Waals surface area contributed by atoms with Crippen LogP contribution in [-0.2, 0) is 4.79 Å². The van der Waals surface area contributed by atoms with Gasteiger partial charge in [0.15, 0.2) is 0 Å². The molecule has 3 nitrogen and oxygen atoms in total. The molecule has 7 atom stereocenters. The third-order valence-corrected chi connectivity index (χ3v) is 9.98. The van der Waals surface area contributed by atoms with E-state index in [1.165, 1.54) is 50.5 Å². The van der Waals surface area contributed by atoms with Gasteiger partial charge in [-0.15, -0.1) is 0 Å². The van der Waals surface area contributed by atoms with Crippen molar-refractivity contribution in [3.05, 3.63) is 23.3 Å². The van der Waals surface area contributed by atoms with Gasteiger partial charge in [0.05, 0.1) is 6.04 Å². The summed E-state index contributed by atoms with van der Waals surface area (Å²) in [6.07, 6.45) is 14.3. The van der Waals surface area contributed by atoms with Gasteiger partial charge in [0, 0.05) is 20.0 Å². The highest BCUT2D eigenvalue weighted by Gasteiger charge is 2.57. The Balaban J connectivity index is 1.58. The number of nitrogens with zero attached hydrogens (tertiary/aromatic N) is 2. The lowest BCUT2D eigenvalue weighted by Crippen LogP contribution is -2.52. The minimum absolute atomic E-state index is 0.176. The number of rotatable bonds is 3. The molecule has 0 aromatic heterocycles. The molecule has 0 aliphatic heterocycles. The highest BCUT2D eigenvalue weighted by molar-refractivity contribution is 5.73. The van der Waals surface area contributed by atoms with E-state index in [0.29, 0.717) is 5.41 Å². The molecule has 2 saturated carbocycles. The molecule has 0 N–H and O–H groups in total. The third kappa shape index (κ3) is 3.14. The largest absolute Gasteiger partial charge is 0.340 e. The summed E-state index contributed by atoms with van der Waals surface area (Å²) in [4.78, 5) is 16.4. The van der Waals surface area contributed by atoms with E-state index >= 15 is 0 Å². The van der Waals surface area contributed by atoms with Crippen LogP contribution in [0.4, 0.5) is 0 Å². The maximum absolute atomic E-state index is 12.0. The second-order valence-electron chi connectivity index (χ2n) is 11.3. The van der Waals surface area contributed by atoms with E-state index in [1.807, 2.05) is 11.9 Å². The average molecular weight is 399 g/mol. The molecule has 0 aromatic rings. The second kappa shape index (κ2) is 7.25. The van der Waals surface area contributed by atoms with Crippen molar-refractivity contribution in [1.82, 2.24) is 9.80 Å². The standard InChI is InChI=1S/C26H42N2O/c1-17(28(7)18(2)29)22-10-11-23-21-9-8-19-16-20(27(5)6)12-14-25(19,3)24(21)13-15-26(22,23)4/h8,10,17,20-21,23-24H,9,11-16H2,1-7H3. The molecule has 0 saturated heterocycles. The third-order valence-electron chi connectivity index (χ3n) is 9.98. The fourth-order valence-corrected chi connectivity index (χ4v) is 7.81. The maximum atomic E-state index is 12.0. The van der Waals surface area contributed by atoms with Gasteiger partial charge in [-0.1, -0.05) is 31.6 Å². The Bertz CT molecular complexity index is 737. The van der Waals surface area contributed by atoms with Gasteiger partial charge in [-0.2, -0.15) is 0 Å². The molecule has 4 aliphatic carbocycles. The van der Waals surface area contributed by atoms with Gasteiger partial charge in [0.2, 0.25) is 5.91 Å². The second-order valence-corrected chi connectivity index (χ2v) is 11.3. The molecule has 2 fully saturated rings. The molecule has 7 unspecified atom stereocenters. The zero-order valence-corrected chi connectivity index (χ0v) is 19.8. The number of hydrogen-bond donors (Lipinski definition) is 0. The summed E-state index contributed by atoms with van der Waals surface area (Å²) in [5.74, 6) is 2.58. The van der Waals surface area contributed by atoms with Crippen molar-refractivity contribution in [3.8, 4) is 0 Å². The van der Waals surface area contributed by atoms with Gasteiger partial charge in [0.1, 0.15) is 0 Å². The summed E-state index contributed by atoms with van der Waals surface area (Å²) >= 11 is 0. The van der Waals surface area contributed by atoms with E-state index in [9.17, 15) is 4.79 Å². The minimum Gasteiger partial charge on any atom is -0.340 e. The number of likely N-dealkylation sites (N-methyl/N-ethyl adjacent to an activating group) is 1. The summed E-state index contributed by atoms with van der Waals surface area (Å²) in [5.41, 5.74) is 3.99. The van der Waals surface area contributed by atoms with Crippen molar-refractivity contribution in [3.63, 3.8) is 0 Å². The number of carbonyl (C=O) groups is 1. The van der Waals surface area contributed by atoms with Crippen LogP contribution in [0.1, 0.15) is 72.6 Å². The highest BCUT2D eigenvalue weighted by atomic mass is 16.2. The molecule has 29 heavy (non-hydrogen) atoms. The van der Waals surface area contributed by atoms with Crippen LogP contribution in [0.3, 0.4) is 0 Å². The Labute approximate surface area is 178 Å². The number of allylic oxidation sites excluding steroid dienone is 2. The predicted octanol–water partition coefficient (Wildman–Crippen LogP) is 5.28. The zero-order chi connectivity index (χ0) is 21.1. The zero-order valence-electron chi connectivity index (χ0n) is 19.8. The fourth-order valence-electron chi connectivity index (χ4n) is 7.81. The van der Waals surface area contributed by atoms with Gasteiger partial charge in [-0.3, -0.25) is 4.79 Å². The molecular weight excluding hydrogens is 356 g/mol. The fraction of sp³-hybridized carbons (Fsp3) is 0.808. The van der Waals surface area contributed by atoms with Crippen molar-refractivity contribution in [2.24, 2.45) is 28.6 Å². The summed E-state index contributed by atoms with van der Waals surface area (Å²) in [7, 11) is 6.46. The summed E-state index contributed by atoms with van der Waals surface area (Å²) in [5, 5.41) is 0. The van der Waals surface area contributed by atoms with E-state index < -0.39 is 0 Å². The SMILES string of the molecule is CC(=O)N(C)C(C)C1=CCC2C3CC=C4CC(N(C)C)CCC4(C)C3CCC12C. The number of carbonyl (C=O) groups excluding carboxylic acids is 1. The average Bonchev–Trinajstić information content (AvgIpc) is 3.03. The molecule has 162 valence electrons. The first-order chi connectivity index (χ1) is 13.6. The molecule has 0 aromatic carbocycles. The van der Waals surface area contributed by atoms with Gasteiger partial charge in [0.25, 0.3) is 0 Å². The quantitative estimate of drug-likeness (QED) is 0.604. The molecule has 0 bridgehead atoms. The molecule has 3 heteroatoms. The van der Waals surface area contributed by atoms with E-state index in [-0.39, 0.29) is 17.4 Å². The van der Waals surface area contributed by atoms with E-state index in [4.69, 9.17) is 0 Å². The highest BCUT2D eigenvalue weighted by Crippen LogP contribution is 2.65. The number of hydrogen-bond acceptors (Lipinski definition) is 2. The van der Waals surface area contributed by atoms with E-state index in [2.05, 4.69) is 51.9 Å². The Morgan fingerprint density at radius 3 is 2.38 bits per heavy atom. The first kappa shape index (κ1) is 21.2. The van der Waals surface area contributed by atoms with Crippen molar-refractivity contribution in [2.75, 3.05) is 21.1 Å². The van der Waals surface area contributed by atoms with E-state index in [1.54, 1.807) is 12.5 Å². The summed E-state index contributed by atoms with van der Waals surface area (Å²) < 4.78 is 0.